The van der Waals surface area contributed by atoms with Gasteiger partial charge in [-0.3, -0.25) is 14.6 Å². The number of carbonyl (C=O) groups is 1. The Morgan fingerprint density at radius 3 is 2.42 bits per heavy atom. The Balaban J connectivity index is 1.61. The van der Waals surface area contributed by atoms with Gasteiger partial charge >= 0.3 is 0 Å². The zero-order valence-corrected chi connectivity index (χ0v) is 17.6. The second-order valence-corrected chi connectivity index (χ2v) is 7.82. The van der Waals surface area contributed by atoms with Crippen molar-refractivity contribution in [2.45, 2.75) is 32.7 Å². The van der Waals surface area contributed by atoms with Gasteiger partial charge in [-0.25, -0.2) is 4.68 Å². The van der Waals surface area contributed by atoms with E-state index in [0.29, 0.717) is 23.4 Å². The minimum Gasteiger partial charge on any atom is -0.324 e. The van der Waals surface area contributed by atoms with Crippen LogP contribution in [0.3, 0.4) is 0 Å². The SMILES string of the molecule is CC(C)c1ccc(NC(=O)Cn2nc(Cc3cccnc3)c3ccccc3c2=O)cc1. The van der Waals surface area contributed by atoms with Gasteiger partial charge in [-0.15, -0.1) is 0 Å². The summed E-state index contributed by atoms with van der Waals surface area (Å²) in [5.74, 6) is 0.123. The number of aromatic nitrogens is 3. The first kappa shape index (κ1) is 20.5. The highest BCUT2D eigenvalue weighted by Crippen LogP contribution is 2.18. The van der Waals surface area contributed by atoms with Crippen molar-refractivity contribution in [2.24, 2.45) is 0 Å². The lowest BCUT2D eigenvalue weighted by Crippen LogP contribution is -2.30. The minimum atomic E-state index is -0.297. The van der Waals surface area contributed by atoms with Crippen LogP contribution in [0.25, 0.3) is 10.8 Å². The molecule has 0 saturated carbocycles. The molecule has 4 rings (SSSR count). The zero-order chi connectivity index (χ0) is 21.8. The van der Waals surface area contributed by atoms with Gasteiger partial charge in [0.05, 0.1) is 11.1 Å². The number of nitrogens with zero attached hydrogens (tertiary/aromatic N) is 3. The number of hydrogen-bond acceptors (Lipinski definition) is 4. The standard InChI is InChI=1S/C25H24N4O2/c1-17(2)19-9-11-20(12-10-19)27-24(30)16-29-25(31)22-8-4-3-7-21(22)23(28-29)14-18-6-5-13-26-15-18/h3-13,15,17H,14,16H2,1-2H3,(H,27,30). The molecule has 0 aliphatic heterocycles. The molecule has 6 nitrogen and oxygen atoms in total. The van der Waals surface area contributed by atoms with E-state index >= 15 is 0 Å². The summed E-state index contributed by atoms with van der Waals surface area (Å²) in [5.41, 5.74) is 3.33. The van der Waals surface area contributed by atoms with Gasteiger partial charge in [0.15, 0.2) is 0 Å². The lowest BCUT2D eigenvalue weighted by Gasteiger charge is -2.12. The second-order valence-electron chi connectivity index (χ2n) is 7.82. The third-order valence-electron chi connectivity index (χ3n) is 5.19. The maximum atomic E-state index is 12.9. The number of carbonyl (C=O) groups excluding carboxylic acids is 1. The Labute approximate surface area is 180 Å². The van der Waals surface area contributed by atoms with E-state index in [0.717, 1.165) is 16.6 Å². The predicted molar refractivity (Wildman–Crippen MR) is 122 cm³/mol. The maximum absolute atomic E-state index is 12.9. The van der Waals surface area contributed by atoms with Crippen molar-refractivity contribution < 1.29 is 4.79 Å². The molecule has 0 aliphatic rings. The van der Waals surface area contributed by atoms with E-state index in [-0.39, 0.29) is 18.0 Å². The highest BCUT2D eigenvalue weighted by Gasteiger charge is 2.14. The van der Waals surface area contributed by atoms with Crippen molar-refractivity contribution in [3.05, 3.63) is 100 Å². The molecule has 0 saturated heterocycles. The Kier molecular flexibility index (Phi) is 5.89. The molecule has 0 aliphatic carbocycles. The molecular formula is C25H24N4O2. The van der Waals surface area contributed by atoms with Gasteiger partial charge < -0.3 is 5.32 Å². The number of hydrogen-bond donors (Lipinski definition) is 1. The Morgan fingerprint density at radius 1 is 1.00 bits per heavy atom. The van der Waals surface area contributed by atoms with E-state index in [1.54, 1.807) is 18.5 Å². The van der Waals surface area contributed by atoms with Crippen LogP contribution in [0.4, 0.5) is 5.69 Å². The van der Waals surface area contributed by atoms with Gasteiger partial charge in [-0.1, -0.05) is 50.2 Å². The monoisotopic (exact) mass is 412 g/mol. The van der Waals surface area contributed by atoms with Crippen molar-refractivity contribution in [1.82, 2.24) is 14.8 Å². The number of anilines is 1. The Bertz CT molecular complexity index is 1260. The lowest BCUT2D eigenvalue weighted by molar-refractivity contribution is -0.117. The smallest absolute Gasteiger partial charge is 0.275 e. The minimum absolute atomic E-state index is 0.157. The van der Waals surface area contributed by atoms with Crippen LogP contribution in [0.1, 0.15) is 36.6 Å². The van der Waals surface area contributed by atoms with Crippen molar-refractivity contribution in [1.29, 1.82) is 0 Å². The molecule has 156 valence electrons. The van der Waals surface area contributed by atoms with Gasteiger partial charge in [-0.05, 0) is 41.3 Å². The Hall–Kier alpha value is -3.80. The summed E-state index contributed by atoms with van der Waals surface area (Å²) in [5, 5.41) is 8.72. The second kappa shape index (κ2) is 8.92. The van der Waals surface area contributed by atoms with Crippen LogP contribution in [0.5, 0.6) is 0 Å². The first-order valence-corrected chi connectivity index (χ1v) is 10.3. The molecule has 4 aromatic rings. The van der Waals surface area contributed by atoms with Crippen LogP contribution in [0.15, 0.2) is 77.9 Å². The van der Waals surface area contributed by atoms with Crippen molar-refractivity contribution in [2.75, 3.05) is 5.32 Å². The number of fused-ring (bicyclic) bond motifs is 1. The summed E-state index contributed by atoms with van der Waals surface area (Å²) >= 11 is 0. The van der Waals surface area contributed by atoms with Crippen molar-refractivity contribution in [3.8, 4) is 0 Å². The first-order chi connectivity index (χ1) is 15.0. The Morgan fingerprint density at radius 2 is 1.74 bits per heavy atom. The molecule has 2 heterocycles. The van der Waals surface area contributed by atoms with Crippen LogP contribution in [0, 0.1) is 0 Å². The topological polar surface area (TPSA) is 76.9 Å². The van der Waals surface area contributed by atoms with E-state index in [1.807, 2.05) is 54.6 Å². The number of pyridine rings is 1. The first-order valence-electron chi connectivity index (χ1n) is 10.3. The van der Waals surface area contributed by atoms with Crippen LogP contribution in [0.2, 0.25) is 0 Å². The molecule has 1 N–H and O–H groups in total. The molecule has 0 unspecified atom stereocenters. The number of amides is 1. The molecule has 0 radical (unpaired) electrons. The largest absolute Gasteiger partial charge is 0.324 e. The summed E-state index contributed by atoms with van der Waals surface area (Å²) in [6.45, 7) is 4.08. The average Bonchev–Trinajstić information content (AvgIpc) is 2.78. The fourth-order valence-electron chi connectivity index (χ4n) is 3.53. The maximum Gasteiger partial charge on any atom is 0.275 e. The van der Waals surface area contributed by atoms with Gasteiger partial charge in [0.2, 0.25) is 5.91 Å². The fourth-order valence-corrected chi connectivity index (χ4v) is 3.53. The summed E-state index contributed by atoms with van der Waals surface area (Å²) in [7, 11) is 0. The van der Waals surface area contributed by atoms with Crippen LogP contribution < -0.4 is 10.9 Å². The van der Waals surface area contributed by atoms with E-state index in [1.165, 1.54) is 10.2 Å². The van der Waals surface area contributed by atoms with Gasteiger partial charge in [-0.2, -0.15) is 5.10 Å². The molecule has 6 heteroatoms. The summed E-state index contributed by atoms with van der Waals surface area (Å²) in [4.78, 5) is 29.7. The molecular weight excluding hydrogens is 388 g/mol. The quantitative estimate of drug-likeness (QED) is 0.516. The number of benzene rings is 2. The molecule has 0 spiro atoms. The van der Waals surface area contributed by atoms with E-state index in [9.17, 15) is 9.59 Å². The van der Waals surface area contributed by atoms with E-state index in [2.05, 4.69) is 29.2 Å². The predicted octanol–water partition coefficient (Wildman–Crippen LogP) is 4.14. The summed E-state index contributed by atoms with van der Waals surface area (Å²) in [6, 6.07) is 18.9. The molecule has 31 heavy (non-hydrogen) atoms. The molecule has 0 atom stereocenters. The third kappa shape index (κ3) is 4.69. The van der Waals surface area contributed by atoms with Crippen LogP contribution in [-0.2, 0) is 17.8 Å². The molecule has 2 aromatic carbocycles. The number of nitrogens with one attached hydrogen (secondary N) is 1. The average molecular weight is 412 g/mol. The zero-order valence-electron chi connectivity index (χ0n) is 17.6. The molecule has 2 aromatic heterocycles. The van der Waals surface area contributed by atoms with Crippen LogP contribution in [-0.4, -0.2) is 20.7 Å². The van der Waals surface area contributed by atoms with Gasteiger partial charge in [0.1, 0.15) is 6.54 Å². The van der Waals surface area contributed by atoms with Crippen molar-refractivity contribution in [3.63, 3.8) is 0 Å². The molecule has 1 amide bonds. The summed E-state index contributed by atoms with van der Waals surface area (Å²) in [6.07, 6.45) is 4.01. The molecule has 0 bridgehead atoms. The van der Waals surface area contributed by atoms with Crippen LogP contribution >= 0.6 is 0 Å². The van der Waals surface area contributed by atoms with E-state index in [4.69, 9.17) is 0 Å². The summed E-state index contributed by atoms with van der Waals surface area (Å²) < 4.78 is 1.24. The highest BCUT2D eigenvalue weighted by molar-refractivity contribution is 5.91. The normalized spacial score (nSPS) is 11.1. The lowest BCUT2D eigenvalue weighted by atomic mass is 10.0. The van der Waals surface area contributed by atoms with Gasteiger partial charge in [0, 0.05) is 29.9 Å². The fraction of sp³-hybridized carbons (Fsp3) is 0.200. The molecule has 0 fully saturated rings. The highest BCUT2D eigenvalue weighted by atomic mass is 16.2. The van der Waals surface area contributed by atoms with Gasteiger partial charge in [0.25, 0.3) is 5.56 Å². The third-order valence-corrected chi connectivity index (χ3v) is 5.19. The number of rotatable bonds is 6. The van der Waals surface area contributed by atoms with Crippen molar-refractivity contribution >= 4 is 22.4 Å². The van der Waals surface area contributed by atoms with E-state index < -0.39 is 0 Å².